The molecule has 0 aliphatic carbocycles. The van der Waals surface area contributed by atoms with Crippen LogP contribution in [0.5, 0.6) is 0 Å². The summed E-state index contributed by atoms with van der Waals surface area (Å²) in [4.78, 5) is 0. The molecule has 0 radical (unpaired) electrons. The predicted octanol–water partition coefficient (Wildman–Crippen LogP) is 6.96. The van der Waals surface area contributed by atoms with Crippen LogP contribution in [0.2, 0.25) is 0 Å². The summed E-state index contributed by atoms with van der Waals surface area (Å²) in [6, 6.07) is 0. The fraction of sp³-hybridized carbons (Fsp3) is 1.00. The summed E-state index contributed by atoms with van der Waals surface area (Å²) in [5, 5.41) is -3.23. The van der Waals surface area contributed by atoms with Gasteiger partial charge in [0.1, 0.15) is 15.0 Å². The third kappa shape index (κ3) is 10.6. The van der Waals surface area contributed by atoms with Crippen molar-refractivity contribution in [2.75, 3.05) is 17.6 Å². The van der Waals surface area contributed by atoms with Gasteiger partial charge in [-0.3, -0.25) is 13.6 Å². The first kappa shape index (κ1) is 25.5. The van der Waals surface area contributed by atoms with Crippen LogP contribution in [0, 0.1) is 0 Å². The molecule has 13 heteroatoms. The van der Waals surface area contributed by atoms with E-state index in [1.807, 2.05) is 0 Å². The van der Waals surface area contributed by atoms with Crippen LogP contribution in [-0.2, 0) is 13.6 Å². The molecule has 6 unspecified atom stereocenters. The Morgan fingerprint density at radius 3 is 1.05 bits per heavy atom. The average Bonchev–Trinajstić information content (AvgIpc) is 2.51. The molecule has 0 aliphatic rings. The minimum absolute atomic E-state index is 0.176. The van der Waals surface area contributed by atoms with Crippen LogP contribution < -0.4 is 0 Å². The van der Waals surface area contributed by atoms with Gasteiger partial charge in [0.15, 0.2) is 0 Å². The second-order valence-electron chi connectivity index (χ2n) is 3.60. The van der Waals surface area contributed by atoms with Gasteiger partial charge in [-0.15, -0.1) is 69.6 Å². The van der Waals surface area contributed by atoms with Crippen molar-refractivity contribution in [3.63, 3.8) is 0 Å². The van der Waals surface area contributed by atoms with Crippen molar-refractivity contribution in [1.82, 2.24) is 0 Å². The molecule has 134 valence electrons. The molecule has 3 nitrogen and oxygen atoms in total. The van der Waals surface area contributed by atoms with Gasteiger partial charge in [0.25, 0.3) is 0 Å². The van der Waals surface area contributed by atoms with Crippen LogP contribution in [0.15, 0.2) is 0 Å². The molecule has 0 heterocycles. The van der Waals surface area contributed by atoms with Crippen LogP contribution in [0.1, 0.15) is 0 Å². The van der Waals surface area contributed by atoms with Crippen molar-refractivity contribution in [2.45, 2.75) is 31.2 Å². The summed E-state index contributed by atoms with van der Waals surface area (Å²) in [6.45, 7) is 0. The summed E-state index contributed by atoms with van der Waals surface area (Å²) in [7, 11) is -1.86. The molecule has 0 aromatic heterocycles. The molecule has 0 aromatic carbocycles. The minimum atomic E-state index is -1.86. The van der Waals surface area contributed by atoms with Gasteiger partial charge in [0, 0.05) is 17.6 Å². The lowest BCUT2D eigenvalue weighted by Gasteiger charge is -2.27. The number of halogens is 9. The van der Waals surface area contributed by atoms with Gasteiger partial charge in [-0.2, -0.15) is 0 Å². The summed E-state index contributed by atoms with van der Waals surface area (Å²) in [6.07, 6.45) is 0. The highest BCUT2D eigenvalue weighted by molar-refractivity contribution is 9.10. The van der Waals surface area contributed by atoms with Gasteiger partial charge in [0.2, 0.25) is 0 Å². The Kier molecular flexibility index (Phi) is 16.8. The van der Waals surface area contributed by atoms with E-state index in [-0.39, 0.29) is 17.6 Å². The van der Waals surface area contributed by atoms with E-state index in [1.165, 1.54) is 0 Å². The first-order chi connectivity index (χ1) is 10.3. The Morgan fingerprint density at radius 1 is 0.636 bits per heavy atom. The molecular formula is C9H12Br3Cl6O3P. The quantitative estimate of drug-likeness (QED) is 0.169. The minimum Gasteiger partial charge on any atom is -0.296 e. The molecule has 0 aliphatic heterocycles. The molecule has 22 heavy (non-hydrogen) atoms. The van der Waals surface area contributed by atoms with E-state index in [1.54, 1.807) is 0 Å². The highest BCUT2D eigenvalue weighted by Gasteiger charge is 2.31. The van der Waals surface area contributed by atoms with Crippen molar-refractivity contribution in [3.8, 4) is 0 Å². The van der Waals surface area contributed by atoms with E-state index >= 15 is 0 Å². The standard InChI is InChI=1S/C9H12Br3Cl6O3P/c10-7(4(16)1-13)19-22(20-8(11)5(17)2-14)21-9(12)6(18)3-15/h4-9H,1-3H2. The van der Waals surface area contributed by atoms with Gasteiger partial charge in [-0.1, -0.05) is 47.8 Å². The lowest BCUT2D eigenvalue weighted by atomic mass is 10.5. The first-order valence-electron chi connectivity index (χ1n) is 5.59. The molecule has 0 N–H and O–H groups in total. The van der Waals surface area contributed by atoms with Crippen molar-refractivity contribution < 1.29 is 13.6 Å². The van der Waals surface area contributed by atoms with Crippen molar-refractivity contribution in [1.29, 1.82) is 0 Å². The van der Waals surface area contributed by atoms with Gasteiger partial charge in [-0.25, -0.2) is 0 Å². The molecular weight excluding hydrogens is 640 g/mol. The molecule has 0 bridgehead atoms. The Bertz CT molecular complexity index is 259. The van der Waals surface area contributed by atoms with E-state index in [2.05, 4.69) is 47.8 Å². The summed E-state index contributed by atoms with van der Waals surface area (Å²) < 4.78 is 16.8. The number of alkyl halides is 9. The SMILES string of the molecule is ClCC(Cl)C(Br)OP(OC(Br)C(Cl)CCl)OC(Br)C(Cl)CCl. The molecule has 0 rings (SSSR count). The van der Waals surface area contributed by atoms with Crippen molar-refractivity contribution in [2.24, 2.45) is 0 Å². The van der Waals surface area contributed by atoms with Crippen LogP contribution in [0.3, 0.4) is 0 Å². The maximum absolute atomic E-state index is 5.99. The zero-order valence-corrected chi connectivity index (χ0v) is 20.8. The van der Waals surface area contributed by atoms with Gasteiger partial charge in [0.05, 0.1) is 16.1 Å². The number of hydrogen-bond acceptors (Lipinski definition) is 3. The molecule has 6 atom stereocenters. The third-order valence-corrected chi connectivity index (χ3v) is 9.93. The lowest BCUT2D eigenvalue weighted by Crippen LogP contribution is -2.25. The first-order valence-corrected chi connectivity index (χ1v) is 12.3. The maximum atomic E-state index is 5.99. The topological polar surface area (TPSA) is 27.7 Å². The van der Waals surface area contributed by atoms with E-state index in [4.69, 9.17) is 83.2 Å². The molecule has 0 aromatic rings. The Morgan fingerprint density at radius 2 is 0.864 bits per heavy atom. The van der Waals surface area contributed by atoms with E-state index in [0.717, 1.165) is 0 Å². The Hall–Kier alpha value is 3.49. The molecule has 0 fully saturated rings. The second kappa shape index (κ2) is 14.5. The van der Waals surface area contributed by atoms with Crippen LogP contribution >= 0.6 is 126 Å². The molecule has 0 saturated carbocycles. The zero-order valence-electron chi connectivity index (χ0n) is 10.7. The van der Waals surface area contributed by atoms with Crippen LogP contribution in [0.4, 0.5) is 0 Å². The van der Waals surface area contributed by atoms with Gasteiger partial charge >= 0.3 is 8.60 Å². The van der Waals surface area contributed by atoms with E-state index in [0.29, 0.717) is 0 Å². The molecule has 0 amide bonds. The monoisotopic (exact) mass is 646 g/mol. The largest absolute Gasteiger partial charge is 0.336 e. The predicted molar refractivity (Wildman–Crippen MR) is 109 cm³/mol. The highest BCUT2D eigenvalue weighted by atomic mass is 79.9. The fourth-order valence-electron chi connectivity index (χ4n) is 0.729. The van der Waals surface area contributed by atoms with E-state index < -0.39 is 39.8 Å². The van der Waals surface area contributed by atoms with Gasteiger partial charge in [-0.05, 0) is 0 Å². The van der Waals surface area contributed by atoms with Crippen molar-refractivity contribution in [3.05, 3.63) is 0 Å². The maximum Gasteiger partial charge on any atom is 0.336 e. The lowest BCUT2D eigenvalue weighted by molar-refractivity contribution is 0.139. The Labute approximate surface area is 186 Å². The highest BCUT2D eigenvalue weighted by Crippen LogP contribution is 2.49. The Balaban J connectivity index is 4.75. The van der Waals surface area contributed by atoms with Crippen LogP contribution in [-0.4, -0.2) is 48.8 Å². The summed E-state index contributed by atoms with van der Waals surface area (Å²) >= 11 is 44.8. The van der Waals surface area contributed by atoms with Crippen LogP contribution in [0.25, 0.3) is 0 Å². The number of rotatable bonds is 12. The van der Waals surface area contributed by atoms with Gasteiger partial charge < -0.3 is 0 Å². The number of hydrogen-bond donors (Lipinski definition) is 0. The molecule has 0 spiro atoms. The van der Waals surface area contributed by atoms with Crippen molar-refractivity contribution >= 4 is 126 Å². The summed E-state index contributed by atoms with van der Waals surface area (Å²) in [5.74, 6) is 0.529. The fourth-order valence-corrected chi connectivity index (χ4v) is 5.10. The second-order valence-corrected chi connectivity index (χ2v) is 10.00. The normalized spacial score (nSPS) is 21.7. The van der Waals surface area contributed by atoms with E-state index in [9.17, 15) is 0 Å². The smallest absolute Gasteiger partial charge is 0.296 e. The summed E-state index contributed by atoms with van der Waals surface area (Å²) in [5.41, 5.74) is 0. The average molecular weight is 652 g/mol. The zero-order chi connectivity index (χ0) is 17.3. The third-order valence-electron chi connectivity index (χ3n) is 1.86. The molecule has 0 saturated heterocycles.